The molecule has 0 aromatic heterocycles. The Kier molecular flexibility index (Phi) is 5.49. The van der Waals surface area contributed by atoms with Gasteiger partial charge >= 0.3 is 72.9 Å². The van der Waals surface area contributed by atoms with Gasteiger partial charge in [-0.05, 0) is 0 Å². The smallest absolute Gasteiger partial charge is 0.404 e. The molecular formula is H12O20Si9. The highest BCUT2D eigenvalue weighted by molar-refractivity contribution is 6.93. The highest BCUT2D eigenvalue weighted by Crippen LogP contribution is 2.39. The second-order valence-electron chi connectivity index (χ2n) is 5.33. The van der Waals surface area contributed by atoms with E-state index in [1.807, 2.05) is 0 Å². The fourth-order valence-electron chi connectivity index (χ4n) is 2.24. The lowest BCUT2D eigenvalue weighted by Crippen LogP contribution is -2.85. The molecular weight excluding hydrogens is 573 g/mol. The Morgan fingerprint density at radius 3 is 1.10 bits per heavy atom. The van der Waals surface area contributed by atoms with E-state index in [0.717, 1.165) is 0 Å². The quantitative estimate of drug-likeness (QED) is 0.133. The first-order valence-electron chi connectivity index (χ1n) is 6.99. The molecule has 0 aromatic rings. The lowest BCUT2D eigenvalue weighted by atomic mass is 15.5. The summed E-state index contributed by atoms with van der Waals surface area (Å²) in [7, 11) is -42.9. The molecule has 20 nitrogen and oxygen atoms in total. The van der Waals surface area contributed by atoms with Crippen LogP contribution in [0.5, 0.6) is 0 Å². The second-order valence-corrected chi connectivity index (χ2v) is 24.1. The van der Waals surface area contributed by atoms with E-state index in [4.69, 9.17) is 41.2 Å². The molecule has 4 rings (SSSR count). The van der Waals surface area contributed by atoms with Gasteiger partial charge in [0.15, 0.2) is 0 Å². The minimum absolute atomic E-state index is 0.351. The molecule has 168 valence electrons. The lowest BCUT2D eigenvalue weighted by molar-refractivity contribution is -0.108. The van der Waals surface area contributed by atoms with Gasteiger partial charge in [-0.15, -0.1) is 0 Å². The Bertz CT molecular complexity index is 635. The predicted molar refractivity (Wildman–Crippen MR) is 88.1 cm³/mol. The van der Waals surface area contributed by atoms with Crippen molar-refractivity contribution in [1.29, 1.82) is 0 Å². The van der Waals surface area contributed by atoms with Crippen molar-refractivity contribution in [2.45, 2.75) is 0 Å². The standard InChI is InChI=1S/H12O20Si9/c1-22-10-24(3)14-26(5)12-23(2,9-21)13-27(6)15-25(4,11-22)17-28(7,16-24)20-29(8,18-26)19-27/h1-8,22H,21H3. The van der Waals surface area contributed by atoms with Crippen LogP contribution in [-0.4, -0.2) is 122 Å². The second kappa shape index (κ2) is 6.83. The molecule has 6 bridgehead atoms. The molecule has 4 unspecified atom stereocenters. The van der Waals surface area contributed by atoms with Crippen molar-refractivity contribution in [2.24, 2.45) is 0 Å². The molecule has 4 saturated heterocycles. The van der Waals surface area contributed by atoms with Crippen LogP contribution in [0.4, 0.5) is 0 Å². The Hall–Kier alpha value is 1.15. The third-order valence-electron chi connectivity index (χ3n) is 3.08. The molecule has 0 amide bonds. The predicted octanol–water partition coefficient (Wildman–Crippen LogP) is -9.77. The molecule has 4 aliphatic heterocycles. The Morgan fingerprint density at radius 1 is 0.517 bits per heavy atom. The molecule has 29 heavy (non-hydrogen) atoms. The maximum atomic E-state index is 10.6. The van der Waals surface area contributed by atoms with Crippen LogP contribution in [0.2, 0.25) is 0 Å². The molecule has 0 radical (unpaired) electrons. The zero-order valence-electron chi connectivity index (χ0n) is 13.6. The van der Waals surface area contributed by atoms with Crippen LogP contribution in [0.3, 0.4) is 0 Å². The van der Waals surface area contributed by atoms with Crippen LogP contribution in [0, 0.1) is 0 Å². The van der Waals surface area contributed by atoms with Gasteiger partial charge in [-0.25, -0.2) is 0 Å². The van der Waals surface area contributed by atoms with E-state index in [0.29, 0.717) is 0 Å². The van der Waals surface area contributed by atoms with Crippen molar-refractivity contribution in [1.82, 2.24) is 0 Å². The summed E-state index contributed by atoms with van der Waals surface area (Å²) < 4.78 is 56.8. The van der Waals surface area contributed by atoms with E-state index in [2.05, 4.69) is 8.23 Å². The van der Waals surface area contributed by atoms with Crippen molar-refractivity contribution >= 4 is 83.3 Å². The van der Waals surface area contributed by atoms with E-state index >= 15 is 0 Å². The summed E-state index contributed by atoms with van der Waals surface area (Å²) in [6, 6.07) is 0. The van der Waals surface area contributed by atoms with E-state index in [1.54, 1.807) is 0 Å². The van der Waals surface area contributed by atoms with Gasteiger partial charge in [-0.2, -0.15) is 0 Å². The molecule has 4 atom stereocenters. The maximum absolute atomic E-state index is 10.6. The monoisotopic (exact) mass is 584 g/mol. The van der Waals surface area contributed by atoms with E-state index < -0.39 is 72.9 Å². The fourth-order valence-corrected chi connectivity index (χ4v) is 29.4. The SMILES string of the molecule is O[SiH]1O[Si]2(O)O[Si]3(O)O[Si](O)(O[SiH3])O[Si]4(O)O[Si](O)(O1)O[Si](O)(O2)O[Si](O)(O3)O4. The number of rotatable bonds is 1. The van der Waals surface area contributed by atoms with Gasteiger partial charge in [0.2, 0.25) is 0 Å². The third kappa shape index (κ3) is 4.63. The van der Waals surface area contributed by atoms with Crippen molar-refractivity contribution in [3.63, 3.8) is 0 Å². The van der Waals surface area contributed by atoms with E-state index in [1.165, 1.54) is 0 Å². The topological polar surface area (TPSA) is 273 Å². The number of hydrogen-bond donors (Lipinski definition) is 8. The molecule has 4 fully saturated rings. The van der Waals surface area contributed by atoms with Crippen LogP contribution >= 0.6 is 0 Å². The molecule has 0 aromatic carbocycles. The summed E-state index contributed by atoms with van der Waals surface area (Å²) >= 11 is 0. The van der Waals surface area contributed by atoms with Gasteiger partial charge in [0, 0.05) is 0 Å². The van der Waals surface area contributed by atoms with E-state index in [9.17, 15) is 38.4 Å². The summed E-state index contributed by atoms with van der Waals surface area (Å²) in [6.07, 6.45) is 0. The van der Waals surface area contributed by atoms with Gasteiger partial charge in [0.25, 0.3) is 0 Å². The first-order chi connectivity index (χ1) is 13.0. The van der Waals surface area contributed by atoms with Crippen LogP contribution < -0.4 is 0 Å². The normalized spacial score (nSPS) is 60.6. The Labute approximate surface area is 171 Å². The maximum Gasteiger partial charge on any atom is 0.659 e. The summed E-state index contributed by atoms with van der Waals surface area (Å²) in [5, 5.41) is 0. The Morgan fingerprint density at radius 2 is 0.793 bits per heavy atom. The average Bonchev–Trinajstić information content (AvgIpc) is 2.36. The third-order valence-corrected chi connectivity index (χ3v) is 27.7. The van der Waals surface area contributed by atoms with Crippen molar-refractivity contribution < 1.29 is 87.7 Å². The van der Waals surface area contributed by atoms with E-state index in [-0.39, 0.29) is 10.5 Å². The average molecular weight is 585 g/mol. The van der Waals surface area contributed by atoms with Crippen molar-refractivity contribution in [2.75, 3.05) is 0 Å². The molecule has 29 heteroatoms. The molecule has 0 aliphatic carbocycles. The summed E-state index contributed by atoms with van der Waals surface area (Å²) in [5.74, 6) is 0. The molecule has 0 spiro atoms. The minimum atomic E-state index is -5.58. The van der Waals surface area contributed by atoms with Gasteiger partial charge < -0.3 is 87.7 Å². The lowest BCUT2D eigenvalue weighted by Gasteiger charge is -2.49. The molecule has 4 aliphatic rings. The van der Waals surface area contributed by atoms with Crippen molar-refractivity contribution in [3.05, 3.63) is 0 Å². The van der Waals surface area contributed by atoms with Crippen LogP contribution in [0.25, 0.3) is 0 Å². The zero-order chi connectivity index (χ0) is 21.6. The number of hydrogen-bond acceptors (Lipinski definition) is 20. The van der Waals surface area contributed by atoms with Crippen LogP contribution in [0.1, 0.15) is 0 Å². The fraction of sp³-hybridized carbons (Fsp3) is 0. The molecule has 4 heterocycles. The summed E-state index contributed by atoms with van der Waals surface area (Å²) in [6.45, 7) is 0. The highest BCUT2D eigenvalue weighted by Gasteiger charge is 2.83. The summed E-state index contributed by atoms with van der Waals surface area (Å²) in [4.78, 5) is 83.2. The van der Waals surface area contributed by atoms with Gasteiger partial charge in [-0.3, -0.25) is 0 Å². The molecule has 0 saturated carbocycles. The first kappa shape index (κ1) is 23.3. The van der Waals surface area contributed by atoms with Gasteiger partial charge in [-0.1, -0.05) is 0 Å². The minimum Gasteiger partial charge on any atom is -0.404 e. The Balaban J connectivity index is 1.93. The van der Waals surface area contributed by atoms with Gasteiger partial charge in [0.05, 0.1) is 0 Å². The van der Waals surface area contributed by atoms with Gasteiger partial charge in [0.1, 0.15) is 10.5 Å². The number of fused-ring (bicyclic) bond motifs is 4. The van der Waals surface area contributed by atoms with Crippen LogP contribution in [0.15, 0.2) is 0 Å². The summed E-state index contributed by atoms with van der Waals surface area (Å²) in [5.41, 5.74) is 0. The highest BCUT2D eigenvalue weighted by atomic mass is 28.6. The zero-order valence-corrected chi connectivity index (χ0v) is 23.7. The van der Waals surface area contributed by atoms with Crippen LogP contribution in [-0.2, 0) is 49.4 Å². The molecule has 8 N–H and O–H groups in total. The van der Waals surface area contributed by atoms with Crippen molar-refractivity contribution in [3.8, 4) is 0 Å². The first-order valence-corrected chi connectivity index (χ1v) is 21.0. The largest absolute Gasteiger partial charge is 0.659 e.